The summed E-state index contributed by atoms with van der Waals surface area (Å²) >= 11 is 0. The van der Waals surface area contributed by atoms with Crippen LogP contribution in [0, 0.1) is 5.92 Å². The second-order valence-electron chi connectivity index (χ2n) is 4.81. The molecular formula is C12H22N2. The zero-order valence-corrected chi connectivity index (χ0v) is 9.21. The average Bonchev–Trinajstić information content (AvgIpc) is 2.63. The third-order valence-electron chi connectivity index (χ3n) is 3.46. The van der Waals surface area contributed by atoms with Gasteiger partial charge in [0.25, 0.3) is 0 Å². The quantitative estimate of drug-likeness (QED) is 0.687. The minimum absolute atomic E-state index is 0.755. The standard InChI is InChI=1S/C12H22N2/c1-14-8-7-12(10-14)13-9-11-5-3-2-4-6-11/h2-3,11-13H,4-10H2,1H3/t11-,12-/m0/s1. The molecule has 1 N–H and O–H groups in total. The molecule has 1 aliphatic heterocycles. The van der Waals surface area contributed by atoms with Gasteiger partial charge in [0.15, 0.2) is 0 Å². The van der Waals surface area contributed by atoms with Crippen molar-refractivity contribution in [3.8, 4) is 0 Å². The summed E-state index contributed by atoms with van der Waals surface area (Å²) in [5.41, 5.74) is 0. The highest BCUT2D eigenvalue weighted by Crippen LogP contribution is 2.17. The van der Waals surface area contributed by atoms with Crippen molar-refractivity contribution in [2.75, 3.05) is 26.7 Å². The topological polar surface area (TPSA) is 15.3 Å². The van der Waals surface area contributed by atoms with Crippen LogP contribution in [0.15, 0.2) is 12.2 Å². The first-order valence-electron chi connectivity index (χ1n) is 5.91. The minimum Gasteiger partial charge on any atom is -0.312 e. The maximum Gasteiger partial charge on any atom is 0.0207 e. The molecule has 14 heavy (non-hydrogen) atoms. The molecule has 0 aromatic rings. The summed E-state index contributed by atoms with van der Waals surface area (Å²) in [5.74, 6) is 0.894. The van der Waals surface area contributed by atoms with Crippen molar-refractivity contribution in [3.05, 3.63) is 12.2 Å². The normalized spacial score (nSPS) is 33.8. The zero-order valence-electron chi connectivity index (χ0n) is 9.21. The van der Waals surface area contributed by atoms with Crippen molar-refractivity contribution in [3.63, 3.8) is 0 Å². The van der Waals surface area contributed by atoms with Gasteiger partial charge in [-0.3, -0.25) is 0 Å². The molecule has 0 amide bonds. The van der Waals surface area contributed by atoms with Crippen LogP contribution < -0.4 is 5.32 Å². The van der Waals surface area contributed by atoms with E-state index < -0.39 is 0 Å². The van der Waals surface area contributed by atoms with E-state index in [0.717, 1.165) is 12.0 Å². The second-order valence-corrected chi connectivity index (χ2v) is 4.81. The smallest absolute Gasteiger partial charge is 0.0207 e. The Morgan fingerprint density at radius 3 is 2.93 bits per heavy atom. The molecule has 0 spiro atoms. The first kappa shape index (κ1) is 10.2. The largest absolute Gasteiger partial charge is 0.312 e. The van der Waals surface area contributed by atoms with E-state index in [-0.39, 0.29) is 0 Å². The lowest BCUT2D eigenvalue weighted by molar-refractivity contribution is 0.375. The fourth-order valence-corrected chi connectivity index (χ4v) is 2.48. The molecule has 0 unspecified atom stereocenters. The van der Waals surface area contributed by atoms with Gasteiger partial charge in [0.1, 0.15) is 0 Å². The van der Waals surface area contributed by atoms with Crippen LogP contribution in [0.4, 0.5) is 0 Å². The Bertz CT molecular complexity index is 200. The fraction of sp³-hybridized carbons (Fsp3) is 0.833. The fourth-order valence-electron chi connectivity index (χ4n) is 2.48. The molecule has 2 heteroatoms. The number of likely N-dealkylation sites (N-methyl/N-ethyl adjacent to an activating group) is 1. The number of hydrogen-bond donors (Lipinski definition) is 1. The lowest BCUT2D eigenvalue weighted by Gasteiger charge is -2.21. The molecule has 1 aliphatic carbocycles. The Balaban J connectivity index is 1.64. The summed E-state index contributed by atoms with van der Waals surface area (Å²) < 4.78 is 0. The SMILES string of the molecule is CN1CC[C@H](NC[C@H]2CC=CCC2)C1. The van der Waals surface area contributed by atoms with Gasteiger partial charge in [-0.15, -0.1) is 0 Å². The predicted octanol–water partition coefficient (Wildman–Crippen LogP) is 1.64. The van der Waals surface area contributed by atoms with Crippen LogP contribution in [-0.4, -0.2) is 37.6 Å². The van der Waals surface area contributed by atoms with E-state index in [9.17, 15) is 0 Å². The molecule has 1 heterocycles. The van der Waals surface area contributed by atoms with Crippen LogP contribution in [-0.2, 0) is 0 Å². The van der Waals surface area contributed by atoms with E-state index in [1.165, 1.54) is 45.3 Å². The highest BCUT2D eigenvalue weighted by atomic mass is 15.2. The van der Waals surface area contributed by atoms with E-state index in [4.69, 9.17) is 0 Å². The molecule has 0 saturated carbocycles. The van der Waals surface area contributed by atoms with Crippen molar-refractivity contribution < 1.29 is 0 Å². The van der Waals surface area contributed by atoms with E-state index in [0.29, 0.717) is 0 Å². The van der Waals surface area contributed by atoms with Gasteiger partial charge in [-0.25, -0.2) is 0 Å². The number of allylic oxidation sites excluding steroid dienone is 2. The molecule has 0 aromatic heterocycles. The molecule has 80 valence electrons. The van der Waals surface area contributed by atoms with E-state index in [1.54, 1.807) is 0 Å². The molecular weight excluding hydrogens is 172 g/mol. The van der Waals surface area contributed by atoms with Gasteiger partial charge < -0.3 is 10.2 Å². The molecule has 2 aliphatic rings. The summed E-state index contributed by atoms with van der Waals surface area (Å²) in [4.78, 5) is 2.42. The lowest BCUT2D eigenvalue weighted by Crippen LogP contribution is -2.35. The minimum atomic E-state index is 0.755. The van der Waals surface area contributed by atoms with E-state index in [2.05, 4.69) is 29.4 Å². The summed E-state index contributed by atoms with van der Waals surface area (Å²) in [5, 5.41) is 3.71. The second kappa shape index (κ2) is 4.94. The molecule has 2 rings (SSSR count). The lowest BCUT2D eigenvalue weighted by atomic mass is 9.94. The van der Waals surface area contributed by atoms with Crippen LogP contribution >= 0.6 is 0 Å². The van der Waals surface area contributed by atoms with Gasteiger partial charge in [-0.05, 0) is 51.7 Å². The highest BCUT2D eigenvalue weighted by Gasteiger charge is 2.19. The van der Waals surface area contributed by atoms with Crippen molar-refractivity contribution in [2.45, 2.75) is 31.7 Å². The molecule has 0 radical (unpaired) electrons. The average molecular weight is 194 g/mol. The van der Waals surface area contributed by atoms with Gasteiger partial charge in [-0.1, -0.05) is 12.2 Å². The van der Waals surface area contributed by atoms with Gasteiger partial charge >= 0.3 is 0 Å². The molecule has 2 nitrogen and oxygen atoms in total. The Morgan fingerprint density at radius 1 is 1.36 bits per heavy atom. The Hall–Kier alpha value is -0.340. The predicted molar refractivity (Wildman–Crippen MR) is 60.4 cm³/mol. The molecule has 2 atom stereocenters. The third kappa shape index (κ3) is 2.82. The van der Waals surface area contributed by atoms with E-state index in [1.807, 2.05) is 0 Å². The number of nitrogens with zero attached hydrogens (tertiary/aromatic N) is 1. The van der Waals surface area contributed by atoms with Crippen LogP contribution in [0.25, 0.3) is 0 Å². The zero-order chi connectivity index (χ0) is 9.80. The first-order chi connectivity index (χ1) is 6.84. The summed E-state index contributed by atoms with van der Waals surface area (Å²) in [6.07, 6.45) is 9.95. The van der Waals surface area contributed by atoms with Crippen molar-refractivity contribution in [1.29, 1.82) is 0 Å². The van der Waals surface area contributed by atoms with Gasteiger partial charge in [-0.2, -0.15) is 0 Å². The molecule has 0 aromatic carbocycles. The summed E-state index contributed by atoms with van der Waals surface area (Å²) in [7, 11) is 2.21. The maximum atomic E-state index is 3.71. The number of hydrogen-bond acceptors (Lipinski definition) is 2. The Labute approximate surface area is 87.4 Å². The maximum absolute atomic E-state index is 3.71. The summed E-state index contributed by atoms with van der Waals surface area (Å²) in [6.45, 7) is 3.73. The number of rotatable bonds is 3. The van der Waals surface area contributed by atoms with Crippen LogP contribution in [0.2, 0.25) is 0 Å². The summed E-state index contributed by atoms with van der Waals surface area (Å²) in [6, 6.07) is 0.755. The van der Waals surface area contributed by atoms with Crippen molar-refractivity contribution in [1.82, 2.24) is 10.2 Å². The molecule has 1 saturated heterocycles. The van der Waals surface area contributed by atoms with Crippen LogP contribution in [0.1, 0.15) is 25.7 Å². The van der Waals surface area contributed by atoms with Crippen molar-refractivity contribution in [2.24, 2.45) is 5.92 Å². The van der Waals surface area contributed by atoms with Gasteiger partial charge in [0.05, 0.1) is 0 Å². The monoisotopic (exact) mass is 194 g/mol. The Morgan fingerprint density at radius 2 is 2.29 bits per heavy atom. The molecule has 0 bridgehead atoms. The third-order valence-corrected chi connectivity index (χ3v) is 3.46. The Kier molecular flexibility index (Phi) is 3.60. The van der Waals surface area contributed by atoms with Crippen LogP contribution in [0.5, 0.6) is 0 Å². The first-order valence-corrected chi connectivity index (χ1v) is 5.91. The highest BCUT2D eigenvalue weighted by molar-refractivity contribution is 4.91. The number of likely N-dealkylation sites (tertiary alicyclic amines) is 1. The molecule has 1 fully saturated rings. The van der Waals surface area contributed by atoms with E-state index >= 15 is 0 Å². The van der Waals surface area contributed by atoms with Crippen LogP contribution in [0.3, 0.4) is 0 Å². The van der Waals surface area contributed by atoms with Gasteiger partial charge in [0, 0.05) is 12.6 Å². The van der Waals surface area contributed by atoms with Crippen molar-refractivity contribution >= 4 is 0 Å². The number of nitrogens with one attached hydrogen (secondary N) is 1. The van der Waals surface area contributed by atoms with Gasteiger partial charge in [0.2, 0.25) is 0 Å².